The van der Waals surface area contributed by atoms with Crippen LogP contribution in [0.1, 0.15) is 30.9 Å². The average molecular weight is 411 g/mol. The molecule has 1 atom stereocenters. The summed E-state index contributed by atoms with van der Waals surface area (Å²) < 4.78 is 40.1. The lowest BCUT2D eigenvalue weighted by molar-refractivity contribution is -0.131. The summed E-state index contributed by atoms with van der Waals surface area (Å²) in [6.07, 6.45) is 1.73. The van der Waals surface area contributed by atoms with Crippen molar-refractivity contribution in [2.45, 2.75) is 30.2 Å². The molecule has 1 unspecified atom stereocenters. The Morgan fingerprint density at radius 2 is 1.96 bits per heavy atom. The van der Waals surface area contributed by atoms with Crippen LogP contribution in [0.4, 0.5) is 4.39 Å². The van der Waals surface area contributed by atoms with Crippen molar-refractivity contribution in [3.8, 4) is 0 Å². The van der Waals surface area contributed by atoms with Gasteiger partial charge in [0.2, 0.25) is 15.9 Å². The van der Waals surface area contributed by atoms with Crippen molar-refractivity contribution in [2.24, 2.45) is 0 Å². The second-order valence-corrected chi connectivity index (χ2v) is 8.61. The quantitative estimate of drug-likeness (QED) is 0.792. The minimum absolute atomic E-state index is 0.000315. The summed E-state index contributed by atoms with van der Waals surface area (Å²) in [5.41, 5.74) is 0.891. The van der Waals surface area contributed by atoms with Crippen LogP contribution in [0.2, 0.25) is 5.02 Å². The van der Waals surface area contributed by atoms with E-state index in [2.05, 4.69) is 4.72 Å². The molecule has 0 saturated carbocycles. The van der Waals surface area contributed by atoms with Gasteiger partial charge in [-0.25, -0.2) is 17.5 Å². The number of nitrogens with one attached hydrogen (secondary N) is 1. The van der Waals surface area contributed by atoms with E-state index >= 15 is 0 Å². The van der Waals surface area contributed by atoms with Gasteiger partial charge in [0, 0.05) is 24.5 Å². The molecule has 1 fully saturated rings. The number of likely N-dealkylation sites (tertiary alicyclic amines) is 1. The molecule has 2 aromatic rings. The monoisotopic (exact) mass is 410 g/mol. The number of hydrogen-bond donors (Lipinski definition) is 1. The molecule has 0 aromatic heterocycles. The van der Waals surface area contributed by atoms with Crippen molar-refractivity contribution in [3.63, 3.8) is 0 Å². The van der Waals surface area contributed by atoms with Crippen LogP contribution in [-0.4, -0.2) is 32.3 Å². The van der Waals surface area contributed by atoms with Crippen molar-refractivity contribution in [1.29, 1.82) is 0 Å². The van der Waals surface area contributed by atoms with E-state index in [1.807, 2.05) is 0 Å². The molecule has 0 bridgehead atoms. The average Bonchev–Trinajstić information content (AvgIpc) is 3.12. The van der Waals surface area contributed by atoms with E-state index in [1.165, 1.54) is 24.3 Å². The highest BCUT2D eigenvalue weighted by Gasteiger charge is 2.29. The van der Waals surface area contributed by atoms with Gasteiger partial charge >= 0.3 is 0 Å². The maximum atomic E-state index is 13.1. The van der Waals surface area contributed by atoms with Gasteiger partial charge in [-0.15, -0.1) is 0 Å². The zero-order valence-corrected chi connectivity index (χ0v) is 16.1. The lowest BCUT2D eigenvalue weighted by atomic mass is 10.0. The molecule has 0 aliphatic carbocycles. The number of amides is 1. The minimum Gasteiger partial charge on any atom is -0.336 e. The van der Waals surface area contributed by atoms with Crippen molar-refractivity contribution in [3.05, 3.63) is 64.9 Å². The van der Waals surface area contributed by atoms with Crippen LogP contribution in [0.3, 0.4) is 0 Å². The molecular weight excluding hydrogens is 391 g/mol. The van der Waals surface area contributed by atoms with E-state index in [-0.39, 0.29) is 35.6 Å². The Balaban J connectivity index is 1.59. The zero-order chi connectivity index (χ0) is 19.4. The highest BCUT2D eigenvalue weighted by Crippen LogP contribution is 2.32. The summed E-state index contributed by atoms with van der Waals surface area (Å²) in [4.78, 5) is 14.4. The first kappa shape index (κ1) is 19.8. The predicted molar refractivity (Wildman–Crippen MR) is 101 cm³/mol. The molecule has 5 nitrogen and oxygen atoms in total. The van der Waals surface area contributed by atoms with Gasteiger partial charge in [-0.05, 0) is 48.7 Å². The third-order valence-corrected chi connectivity index (χ3v) is 6.26. The van der Waals surface area contributed by atoms with E-state index in [0.717, 1.165) is 18.4 Å². The highest BCUT2D eigenvalue weighted by molar-refractivity contribution is 7.89. The lowest BCUT2D eigenvalue weighted by Gasteiger charge is -2.25. The van der Waals surface area contributed by atoms with Gasteiger partial charge in [-0.2, -0.15) is 0 Å². The summed E-state index contributed by atoms with van der Waals surface area (Å²) >= 11 is 5.83. The second kappa shape index (κ2) is 8.37. The van der Waals surface area contributed by atoms with Crippen molar-refractivity contribution >= 4 is 27.5 Å². The van der Waals surface area contributed by atoms with Crippen LogP contribution in [0.25, 0.3) is 0 Å². The fraction of sp³-hybridized carbons (Fsp3) is 0.316. The molecule has 8 heteroatoms. The largest absolute Gasteiger partial charge is 0.336 e. The van der Waals surface area contributed by atoms with Gasteiger partial charge in [0.05, 0.1) is 10.9 Å². The van der Waals surface area contributed by atoms with Gasteiger partial charge in [0.15, 0.2) is 0 Å². The van der Waals surface area contributed by atoms with Gasteiger partial charge in [-0.1, -0.05) is 29.8 Å². The Bertz CT molecular complexity index is 919. The molecule has 0 radical (unpaired) electrons. The van der Waals surface area contributed by atoms with E-state index in [0.29, 0.717) is 11.6 Å². The van der Waals surface area contributed by atoms with E-state index in [1.54, 1.807) is 29.2 Å². The predicted octanol–water partition coefficient (Wildman–Crippen LogP) is 3.51. The Morgan fingerprint density at radius 1 is 1.22 bits per heavy atom. The van der Waals surface area contributed by atoms with E-state index in [4.69, 9.17) is 11.6 Å². The smallest absolute Gasteiger partial charge is 0.240 e. The van der Waals surface area contributed by atoms with Crippen LogP contribution >= 0.6 is 11.6 Å². The molecule has 144 valence electrons. The van der Waals surface area contributed by atoms with Crippen LogP contribution in [0, 0.1) is 5.82 Å². The van der Waals surface area contributed by atoms with Crippen molar-refractivity contribution in [2.75, 3.05) is 13.1 Å². The zero-order valence-electron chi connectivity index (χ0n) is 14.6. The Labute approximate surface area is 163 Å². The molecular formula is C19H20ClFN2O3S. The van der Waals surface area contributed by atoms with Crippen molar-refractivity contribution < 1.29 is 17.6 Å². The van der Waals surface area contributed by atoms with Crippen LogP contribution in [0.15, 0.2) is 53.4 Å². The van der Waals surface area contributed by atoms with Crippen molar-refractivity contribution in [1.82, 2.24) is 9.62 Å². The molecule has 27 heavy (non-hydrogen) atoms. The summed E-state index contributed by atoms with van der Waals surface area (Å²) in [6, 6.07) is 12.0. The molecule has 1 amide bonds. The first-order chi connectivity index (χ1) is 12.9. The molecule has 1 heterocycles. The molecule has 1 aliphatic heterocycles. The highest BCUT2D eigenvalue weighted by atomic mass is 35.5. The Kier molecular flexibility index (Phi) is 6.14. The van der Waals surface area contributed by atoms with Crippen LogP contribution < -0.4 is 4.72 Å². The van der Waals surface area contributed by atoms with Gasteiger partial charge in [0.1, 0.15) is 5.82 Å². The van der Waals surface area contributed by atoms with Gasteiger partial charge < -0.3 is 4.90 Å². The standard InChI is InChI=1S/C19H20ClFN2O3S/c20-15-3-1-4-17(13-15)27(25,26)22-11-10-19(24)23-12-2-5-18(23)14-6-8-16(21)9-7-14/h1,3-4,6-9,13,18,22H,2,5,10-12H2. The third-order valence-electron chi connectivity index (χ3n) is 4.57. The van der Waals surface area contributed by atoms with Gasteiger partial charge in [0.25, 0.3) is 0 Å². The number of halogens is 2. The normalized spacial score (nSPS) is 17.3. The number of carbonyl (C=O) groups excluding carboxylic acids is 1. The molecule has 1 N–H and O–H groups in total. The van der Waals surface area contributed by atoms with E-state index < -0.39 is 10.0 Å². The topological polar surface area (TPSA) is 66.5 Å². The number of sulfonamides is 1. The fourth-order valence-corrected chi connectivity index (χ4v) is 4.58. The summed E-state index contributed by atoms with van der Waals surface area (Å²) in [5, 5.41) is 0.327. The molecule has 0 spiro atoms. The van der Waals surface area contributed by atoms with Crippen LogP contribution in [-0.2, 0) is 14.8 Å². The maximum Gasteiger partial charge on any atom is 0.240 e. The first-order valence-electron chi connectivity index (χ1n) is 8.67. The second-order valence-electron chi connectivity index (χ2n) is 6.40. The first-order valence-corrected chi connectivity index (χ1v) is 10.5. The molecule has 3 rings (SSSR count). The number of hydrogen-bond acceptors (Lipinski definition) is 3. The number of nitrogens with zero attached hydrogens (tertiary/aromatic N) is 1. The summed E-state index contributed by atoms with van der Waals surface area (Å²) in [5.74, 6) is -0.444. The van der Waals surface area contributed by atoms with Gasteiger partial charge in [-0.3, -0.25) is 4.79 Å². The third kappa shape index (κ3) is 4.86. The molecule has 1 aliphatic rings. The fourth-order valence-electron chi connectivity index (χ4n) is 3.25. The Hall–Kier alpha value is -1.96. The SMILES string of the molecule is O=C(CCNS(=O)(=O)c1cccc(Cl)c1)N1CCCC1c1ccc(F)cc1. The molecule has 1 saturated heterocycles. The lowest BCUT2D eigenvalue weighted by Crippen LogP contribution is -2.34. The number of rotatable bonds is 6. The molecule has 2 aromatic carbocycles. The number of benzene rings is 2. The van der Waals surface area contributed by atoms with Crippen LogP contribution in [0.5, 0.6) is 0 Å². The Morgan fingerprint density at radius 3 is 2.67 bits per heavy atom. The minimum atomic E-state index is -3.72. The summed E-state index contributed by atoms with van der Waals surface area (Å²) in [7, 11) is -3.72. The maximum absolute atomic E-state index is 13.1. The van der Waals surface area contributed by atoms with E-state index in [9.17, 15) is 17.6 Å². The number of carbonyl (C=O) groups is 1. The summed E-state index contributed by atoms with van der Waals surface area (Å²) in [6.45, 7) is 0.613.